The highest BCUT2D eigenvalue weighted by atomic mass is 35.5. The molecule has 0 saturated heterocycles. The maximum absolute atomic E-state index is 12.2. The van der Waals surface area contributed by atoms with Gasteiger partial charge in [-0.25, -0.2) is 0 Å². The summed E-state index contributed by atoms with van der Waals surface area (Å²) < 4.78 is 16.0. The lowest BCUT2D eigenvalue weighted by Gasteiger charge is -2.13. The van der Waals surface area contributed by atoms with Crippen LogP contribution >= 0.6 is 11.6 Å². The van der Waals surface area contributed by atoms with Gasteiger partial charge in [0.1, 0.15) is 17.2 Å². The first kappa shape index (κ1) is 17.4. The zero-order valence-corrected chi connectivity index (χ0v) is 15.0. The Balaban J connectivity index is 1.64. The highest BCUT2D eigenvalue weighted by molar-refractivity contribution is 6.32. The molecule has 2 aromatic rings. The van der Waals surface area contributed by atoms with Crippen molar-refractivity contribution in [3.8, 4) is 17.2 Å². The quantitative estimate of drug-likeness (QED) is 0.848. The lowest BCUT2D eigenvalue weighted by Crippen LogP contribution is -2.20. The fraction of sp³-hybridized carbons (Fsp3) is 0.316. The second-order valence-electron chi connectivity index (χ2n) is 5.81. The van der Waals surface area contributed by atoms with Crippen molar-refractivity contribution in [1.82, 2.24) is 0 Å². The normalized spacial score (nSPS) is 12.4. The van der Waals surface area contributed by atoms with E-state index in [0.717, 1.165) is 12.8 Å². The summed E-state index contributed by atoms with van der Waals surface area (Å²) in [4.78, 5) is 12.2. The number of carbonyl (C=O) groups excluding carboxylic acids is 1. The van der Waals surface area contributed by atoms with E-state index in [2.05, 4.69) is 11.4 Å². The molecular weight excluding hydrogens is 342 g/mol. The van der Waals surface area contributed by atoms with Crippen molar-refractivity contribution in [3.63, 3.8) is 0 Å². The SMILES string of the molecule is COc1cc(NC(=O)COc2ccc3c(c2)CCC3)c(OC)cc1Cl. The Labute approximate surface area is 151 Å². The van der Waals surface area contributed by atoms with Crippen LogP contribution in [0.1, 0.15) is 17.5 Å². The van der Waals surface area contributed by atoms with Gasteiger partial charge in [0.15, 0.2) is 6.61 Å². The summed E-state index contributed by atoms with van der Waals surface area (Å²) in [5.41, 5.74) is 3.16. The Hall–Kier alpha value is -2.40. The number of benzene rings is 2. The molecule has 0 spiro atoms. The van der Waals surface area contributed by atoms with Gasteiger partial charge in [0, 0.05) is 12.1 Å². The van der Waals surface area contributed by atoms with Gasteiger partial charge in [0.2, 0.25) is 0 Å². The van der Waals surface area contributed by atoms with E-state index in [0.29, 0.717) is 28.0 Å². The van der Waals surface area contributed by atoms with Crippen molar-refractivity contribution in [2.75, 3.05) is 26.1 Å². The minimum atomic E-state index is -0.289. The second-order valence-corrected chi connectivity index (χ2v) is 6.22. The second kappa shape index (κ2) is 7.66. The maximum atomic E-state index is 12.2. The number of aryl methyl sites for hydroxylation is 2. The molecule has 5 nitrogen and oxygen atoms in total. The van der Waals surface area contributed by atoms with Crippen LogP contribution in [-0.2, 0) is 17.6 Å². The first-order valence-electron chi connectivity index (χ1n) is 8.06. The molecule has 2 aromatic carbocycles. The molecule has 1 amide bonds. The molecule has 1 N–H and O–H groups in total. The Morgan fingerprint density at radius 3 is 2.60 bits per heavy atom. The Morgan fingerprint density at radius 1 is 1.08 bits per heavy atom. The number of methoxy groups -OCH3 is 2. The number of hydrogen-bond acceptors (Lipinski definition) is 4. The molecule has 1 aliphatic carbocycles. The standard InChI is InChI=1S/C19H20ClNO4/c1-23-17-10-16(18(24-2)9-15(17)20)21-19(22)11-25-14-7-6-12-4-3-5-13(12)8-14/h6-10H,3-5,11H2,1-2H3,(H,21,22). The molecule has 132 valence electrons. The van der Waals surface area contributed by atoms with Crippen LogP contribution in [0.2, 0.25) is 5.02 Å². The molecule has 0 saturated carbocycles. The molecule has 0 atom stereocenters. The van der Waals surface area contributed by atoms with E-state index < -0.39 is 0 Å². The molecule has 0 fully saturated rings. The Morgan fingerprint density at radius 2 is 1.84 bits per heavy atom. The molecule has 0 heterocycles. The van der Waals surface area contributed by atoms with Crippen LogP contribution in [0.25, 0.3) is 0 Å². The fourth-order valence-corrected chi connectivity index (χ4v) is 3.16. The molecule has 25 heavy (non-hydrogen) atoms. The van der Waals surface area contributed by atoms with Gasteiger partial charge in [-0.05, 0) is 42.5 Å². The number of hydrogen-bond donors (Lipinski definition) is 1. The molecule has 3 rings (SSSR count). The topological polar surface area (TPSA) is 56.8 Å². The van der Waals surface area contributed by atoms with Gasteiger partial charge >= 0.3 is 0 Å². The van der Waals surface area contributed by atoms with Gasteiger partial charge < -0.3 is 19.5 Å². The number of carbonyl (C=O) groups is 1. The minimum Gasteiger partial charge on any atom is -0.495 e. The number of fused-ring (bicyclic) bond motifs is 1. The minimum absolute atomic E-state index is 0.0904. The number of halogens is 1. The van der Waals surface area contributed by atoms with Gasteiger partial charge in [0.25, 0.3) is 5.91 Å². The molecule has 0 bridgehead atoms. The maximum Gasteiger partial charge on any atom is 0.262 e. The van der Waals surface area contributed by atoms with Crippen molar-refractivity contribution in [3.05, 3.63) is 46.5 Å². The molecule has 6 heteroatoms. The van der Waals surface area contributed by atoms with Crippen LogP contribution in [-0.4, -0.2) is 26.7 Å². The van der Waals surface area contributed by atoms with Crippen molar-refractivity contribution >= 4 is 23.2 Å². The highest BCUT2D eigenvalue weighted by Crippen LogP contribution is 2.35. The third kappa shape index (κ3) is 3.99. The number of rotatable bonds is 6. The molecular formula is C19H20ClNO4. The Kier molecular flexibility index (Phi) is 5.34. The largest absolute Gasteiger partial charge is 0.495 e. The number of amides is 1. The summed E-state index contributed by atoms with van der Waals surface area (Å²) in [5.74, 6) is 1.33. The predicted octanol–water partition coefficient (Wildman–Crippen LogP) is 3.86. The van der Waals surface area contributed by atoms with E-state index in [4.69, 9.17) is 25.8 Å². The molecule has 1 aliphatic rings. The summed E-state index contributed by atoms with van der Waals surface area (Å²) in [5, 5.41) is 3.17. The van der Waals surface area contributed by atoms with E-state index in [-0.39, 0.29) is 12.5 Å². The molecule has 0 unspecified atom stereocenters. The van der Waals surface area contributed by atoms with Gasteiger partial charge in [-0.2, -0.15) is 0 Å². The lowest BCUT2D eigenvalue weighted by atomic mass is 10.1. The number of ether oxygens (including phenoxy) is 3. The Bertz CT molecular complexity index is 791. The van der Waals surface area contributed by atoms with Crippen molar-refractivity contribution in [2.45, 2.75) is 19.3 Å². The average molecular weight is 362 g/mol. The molecule has 0 aromatic heterocycles. The summed E-state index contributed by atoms with van der Waals surface area (Å²) >= 11 is 6.06. The third-order valence-corrected chi connectivity index (χ3v) is 4.48. The zero-order valence-electron chi connectivity index (χ0n) is 14.2. The summed E-state index contributed by atoms with van der Waals surface area (Å²) in [6.07, 6.45) is 3.37. The van der Waals surface area contributed by atoms with E-state index >= 15 is 0 Å². The highest BCUT2D eigenvalue weighted by Gasteiger charge is 2.14. The fourth-order valence-electron chi connectivity index (χ4n) is 2.93. The van der Waals surface area contributed by atoms with E-state index in [1.165, 1.54) is 31.8 Å². The van der Waals surface area contributed by atoms with Crippen molar-refractivity contribution in [2.24, 2.45) is 0 Å². The van der Waals surface area contributed by atoms with Crippen LogP contribution in [0, 0.1) is 0 Å². The van der Waals surface area contributed by atoms with Gasteiger partial charge in [-0.1, -0.05) is 17.7 Å². The van der Waals surface area contributed by atoms with Crippen molar-refractivity contribution < 1.29 is 19.0 Å². The zero-order chi connectivity index (χ0) is 17.8. The van der Waals surface area contributed by atoms with Crippen LogP contribution in [0.3, 0.4) is 0 Å². The number of nitrogens with one attached hydrogen (secondary N) is 1. The lowest BCUT2D eigenvalue weighted by molar-refractivity contribution is -0.118. The number of anilines is 1. The first-order valence-corrected chi connectivity index (χ1v) is 8.44. The van der Waals surface area contributed by atoms with Crippen LogP contribution in [0.4, 0.5) is 5.69 Å². The molecule has 0 radical (unpaired) electrons. The summed E-state index contributed by atoms with van der Waals surface area (Å²) in [7, 11) is 3.02. The summed E-state index contributed by atoms with van der Waals surface area (Å²) in [6.45, 7) is -0.0904. The average Bonchev–Trinajstić information content (AvgIpc) is 3.08. The van der Waals surface area contributed by atoms with E-state index in [9.17, 15) is 4.79 Å². The smallest absolute Gasteiger partial charge is 0.262 e. The van der Waals surface area contributed by atoms with Crippen LogP contribution in [0.15, 0.2) is 30.3 Å². The van der Waals surface area contributed by atoms with Gasteiger partial charge in [-0.3, -0.25) is 4.79 Å². The predicted molar refractivity (Wildman–Crippen MR) is 97.1 cm³/mol. The summed E-state index contributed by atoms with van der Waals surface area (Å²) in [6, 6.07) is 9.21. The van der Waals surface area contributed by atoms with E-state index in [1.54, 1.807) is 12.1 Å². The monoisotopic (exact) mass is 361 g/mol. The van der Waals surface area contributed by atoms with Gasteiger partial charge in [0.05, 0.1) is 24.9 Å². The molecule has 0 aliphatic heterocycles. The van der Waals surface area contributed by atoms with Gasteiger partial charge in [-0.15, -0.1) is 0 Å². The van der Waals surface area contributed by atoms with Crippen molar-refractivity contribution in [1.29, 1.82) is 0 Å². The third-order valence-electron chi connectivity index (χ3n) is 4.19. The van der Waals surface area contributed by atoms with Crippen LogP contribution in [0.5, 0.6) is 17.2 Å². The van der Waals surface area contributed by atoms with E-state index in [1.807, 2.05) is 12.1 Å². The van der Waals surface area contributed by atoms with Crippen LogP contribution < -0.4 is 19.5 Å². The first-order chi connectivity index (χ1) is 12.1.